The number of aromatic nitrogens is 2. The van der Waals surface area contributed by atoms with Gasteiger partial charge in [0.15, 0.2) is 0 Å². The summed E-state index contributed by atoms with van der Waals surface area (Å²) in [7, 11) is 2.08. The molecule has 3 nitrogen and oxygen atoms in total. The SMILES string of the molecule is CN1CCC(c2cc(C(F)(F)c3ccccc3)n[nH]2)CC1. The Morgan fingerprint density at radius 2 is 1.86 bits per heavy atom. The Morgan fingerprint density at radius 1 is 1.19 bits per heavy atom. The molecule has 1 aliphatic heterocycles. The van der Waals surface area contributed by atoms with Crippen LogP contribution in [0.25, 0.3) is 0 Å². The molecule has 5 heteroatoms. The number of H-pyrrole nitrogens is 1. The largest absolute Gasteiger partial charge is 0.316 e. The van der Waals surface area contributed by atoms with E-state index in [1.54, 1.807) is 18.2 Å². The summed E-state index contributed by atoms with van der Waals surface area (Å²) < 4.78 is 28.9. The summed E-state index contributed by atoms with van der Waals surface area (Å²) in [5.74, 6) is -2.75. The predicted molar refractivity (Wildman–Crippen MR) is 77.5 cm³/mol. The first kappa shape index (κ1) is 14.2. The maximum Gasteiger partial charge on any atom is 0.316 e. The van der Waals surface area contributed by atoms with Crippen LogP contribution in [0.1, 0.15) is 35.7 Å². The minimum absolute atomic E-state index is 0.0218. The Balaban J connectivity index is 1.81. The van der Waals surface area contributed by atoms with Crippen molar-refractivity contribution in [1.29, 1.82) is 0 Å². The first-order valence-electron chi connectivity index (χ1n) is 7.25. The Kier molecular flexibility index (Phi) is 3.76. The van der Waals surface area contributed by atoms with E-state index in [1.165, 1.54) is 18.2 Å². The van der Waals surface area contributed by atoms with Gasteiger partial charge >= 0.3 is 5.92 Å². The molecule has 0 unspecified atom stereocenters. The van der Waals surface area contributed by atoms with E-state index in [0.29, 0.717) is 5.92 Å². The van der Waals surface area contributed by atoms with Crippen molar-refractivity contribution in [3.8, 4) is 0 Å². The maximum atomic E-state index is 14.4. The van der Waals surface area contributed by atoms with E-state index in [0.717, 1.165) is 31.6 Å². The lowest BCUT2D eigenvalue weighted by molar-refractivity contribution is 0.0379. The molecule has 0 spiro atoms. The summed E-state index contributed by atoms with van der Waals surface area (Å²) in [4.78, 5) is 2.26. The van der Waals surface area contributed by atoms with Gasteiger partial charge in [0.1, 0.15) is 5.69 Å². The lowest BCUT2D eigenvalue weighted by Gasteiger charge is -2.28. The standard InChI is InChI=1S/C16H19F2N3/c1-21-9-7-12(8-10-21)14-11-15(20-19-14)16(17,18)13-5-3-2-4-6-13/h2-6,11-12H,7-10H2,1H3,(H,19,20). The Hall–Kier alpha value is -1.75. The van der Waals surface area contributed by atoms with Gasteiger partial charge in [-0.2, -0.15) is 13.9 Å². The van der Waals surface area contributed by atoms with Gasteiger partial charge in [0.05, 0.1) is 0 Å². The van der Waals surface area contributed by atoms with E-state index in [2.05, 4.69) is 22.1 Å². The molecule has 1 fully saturated rings. The molecule has 0 bridgehead atoms. The van der Waals surface area contributed by atoms with Crippen molar-refractivity contribution in [2.24, 2.45) is 0 Å². The minimum Gasteiger partial charge on any atom is -0.306 e. The van der Waals surface area contributed by atoms with E-state index in [1.807, 2.05) is 0 Å². The van der Waals surface area contributed by atoms with Gasteiger partial charge in [0.2, 0.25) is 0 Å². The van der Waals surface area contributed by atoms with E-state index in [9.17, 15) is 8.78 Å². The molecule has 1 N–H and O–H groups in total. The second kappa shape index (κ2) is 5.56. The highest BCUT2D eigenvalue weighted by Crippen LogP contribution is 2.36. The zero-order valence-electron chi connectivity index (χ0n) is 12.0. The summed E-state index contributed by atoms with van der Waals surface area (Å²) in [6.45, 7) is 1.99. The number of hydrogen-bond donors (Lipinski definition) is 1. The van der Waals surface area contributed by atoms with Crippen LogP contribution in [0.2, 0.25) is 0 Å². The van der Waals surface area contributed by atoms with Crippen molar-refractivity contribution in [3.05, 3.63) is 53.3 Å². The number of hydrogen-bond acceptors (Lipinski definition) is 2. The molecule has 1 aromatic carbocycles. The molecule has 0 aliphatic carbocycles. The molecule has 112 valence electrons. The molecule has 0 amide bonds. The van der Waals surface area contributed by atoms with E-state index in [4.69, 9.17) is 0 Å². The summed E-state index contributed by atoms with van der Waals surface area (Å²) in [5.41, 5.74) is 0.614. The number of nitrogens with zero attached hydrogens (tertiary/aromatic N) is 2. The Morgan fingerprint density at radius 3 is 2.52 bits per heavy atom. The molecule has 0 saturated carbocycles. The van der Waals surface area contributed by atoms with Gasteiger partial charge < -0.3 is 4.90 Å². The normalized spacial score (nSPS) is 18.0. The third kappa shape index (κ3) is 2.83. The number of piperidine rings is 1. The van der Waals surface area contributed by atoms with Crippen LogP contribution in [-0.4, -0.2) is 35.2 Å². The van der Waals surface area contributed by atoms with Crippen LogP contribution in [0.3, 0.4) is 0 Å². The lowest BCUT2D eigenvalue weighted by Crippen LogP contribution is -2.29. The summed E-state index contributed by atoms with van der Waals surface area (Å²) >= 11 is 0. The van der Waals surface area contributed by atoms with Crippen molar-refractivity contribution in [3.63, 3.8) is 0 Å². The van der Waals surface area contributed by atoms with Crippen LogP contribution >= 0.6 is 0 Å². The first-order chi connectivity index (χ1) is 10.1. The van der Waals surface area contributed by atoms with Crippen LogP contribution in [0.15, 0.2) is 36.4 Å². The van der Waals surface area contributed by atoms with Crippen molar-refractivity contribution >= 4 is 0 Å². The van der Waals surface area contributed by atoms with Gasteiger partial charge in [0, 0.05) is 17.2 Å². The molecule has 2 heterocycles. The molecule has 2 aromatic rings. The highest BCUT2D eigenvalue weighted by molar-refractivity contribution is 5.30. The van der Waals surface area contributed by atoms with Gasteiger partial charge in [-0.3, -0.25) is 5.10 Å². The van der Waals surface area contributed by atoms with Gasteiger partial charge in [-0.05, 0) is 39.0 Å². The average molecular weight is 291 g/mol. The Labute approximate surface area is 123 Å². The second-order valence-corrected chi connectivity index (χ2v) is 5.73. The van der Waals surface area contributed by atoms with Gasteiger partial charge in [-0.1, -0.05) is 30.3 Å². The topological polar surface area (TPSA) is 31.9 Å². The van der Waals surface area contributed by atoms with Crippen LogP contribution < -0.4 is 0 Å². The molecule has 1 aliphatic rings. The molecule has 3 rings (SSSR count). The maximum absolute atomic E-state index is 14.4. The third-order valence-electron chi connectivity index (χ3n) is 4.21. The zero-order valence-corrected chi connectivity index (χ0v) is 12.0. The number of benzene rings is 1. The van der Waals surface area contributed by atoms with Crippen molar-refractivity contribution in [2.45, 2.75) is 24.7 Å². The van der Waals surface area contributed by atoms with Gasteiger partial charge in [0.25, 0.3) is 0 Å². The third-order valence-corrected chi connectivity index (χ3v) is 4.21. The van der Waals surface area contributed by atoms with E-state index in [-0.39, 0.29) is 11.3 Å². The fourth-order valence-electron chi connectivity index (χ4n) is 2.82. The number of nitrogens with one attached hydrogen (secondary N) is 1. The highest BCUT2D eigenvalue weighted by Gasteiger charge is 2.37. The zero-order chi connectivity index (χ0) is 14.9. The molecule has 0 atom stereocenters. The average Bonchev–Trinajstić information content (AvgIpc) is 2.99. The number of halogens is 2. The van der Waals surface area contributed by atoms with Gasteiger partial charge in [-0.25, -0.2) is 0 Å². The molecular weight excluding hydrogens is 272 g/mol. The van der Waals surface area contributed by atoms with Crippen molar-refractivity contribution in [1.82, 2.24) is 15.1 Å². The van der Waals surface area contributed by atoms with Crippen molar-refractivity contribution in [2.75, 3.05) is 20.1 Å². The predicted octanol–water partition coefficient (Wildman–Crippen LogP) is 3.36. The summed E-state index contributed by atoms with van der Waals surface area (Å²) in [6, 6.07) is 9.37. The molecule has 21 heavy (non-hydrogen) atoms. The van der Waals surface area contributed by atoms with Crippen LogP contribution in [0.5, 0.6) is 0 Å². The molecule has 1 aromatic heterocycles. The monoisotopic (exact) mass is 291 g/mol. The lowest BCUT2D eigenvalue weighted by atomic mass is 9.93. The smallest absolute Gasteiger partial charge is 0.306 e. The van der Waals surface area contributed by atoms with Crippen LogP contribution in [0.4, 0.5) is 8.78 Å². The van der Waals surface area contributed by atoms with E-state index >= 15 is 0 Å². The van der Waals surface area contributed by atoms with Crippen LogP contribution in [-0.2, 0) is 5.92 Å². The summed E-state index contributed by atoms with van der Waals surface area (Å²) in [6.07, 6.45) is 1.96. The number of likely N-dealkylation sites (tertiary alicyclic amines) is 1. The van der Waals surface area contributed by atoms with E-state index < -0.39 is 5.92 Å². The Bertz CT molecular complexity index is 587. The van der Waals surface area contributed by atoms with Crippen LogP contribution in [0, 0.1) is 0 Å². The van der Waals surface area contributed by atoms with Gasteiger partial charge in [-0.15, -0.1) is 0 Å². The molecule has 1 saturated heterocycles. The number of rotatable bonds is 3. The molecule has 0 radical (unpaired) electrons. The number of aromatic amines is 1. The number of alkyl halides is 2. The van der Waals surface area contributed by atoms with Crippen molar-refractivity contribution < 1.29 is 8.78 Å². The summed E-state index contributed by atoms with van der Waals surface area (Å²) in [5, 5.41) is 6.69. The highest BCUT2D eigenvalue weighted by atomic mass is 19.3. The second-order valence-electron chi connectivity index (χ2n) is 5.73. The fraction of sp³-hybridized carbons (Fsp3) is 0.438. The molecular formula is C16H19F2N3. The fourth-order valence-corrected chi connectivity index (χ4v) is 2.82. The minimum atomic E-state index is -3.05. The first-order valence-corrected chi connectivity index (χ1v) is 7.25. The quantitative estimate of drug-likeness (QED) is 0.940.